The van der Waals surface area contributed by atoms with E-state index in [0.717, 1.165) is 0 Å². The Balaban J connectivity index is 2.11. The summed E-state index contributed by atoms with van der Waals surface area (Å²) in [6.45, 7) is 0. The van der Waals surface area contributed by atoms with Gasteiger partial charge in [0.05, 0.1) is 12.2 Å². The van der Waals surface area contributed by atoms with Gasteiger partial charge in [0.1, 0.15) is 0 Å². The van der Waals surface area contributed by atoms with Crippen molar-refractivity contribution < 1.29 is 10.2 Å². The predicted molar refractivity (Wildman–Crippen MR) is 21.2 cm³/mol. The van der Waals surface area contributed by atoms with E-state index in [4.69, 9.17) is 10.2 Å². The zero-order chi connectivity index (χ0) is 4.57. The van der Waals surface area contributed by atoms with Crippen LogP contribution in [0.2, 0.25) is 0 Å². The number of aliphatic hydroxyl groups is 2. The van der Waals surface area contributed by atoms with Crippen LogP contribution in [0.3, 0.4) is 0 Å². The molecule has 0 unspecified atom stereocenters. The quantitative estimate of drug-likeness (QED) is 0.419. The molecule has 0 radical (unpaired) electrons. The minimum Gasteiger partial charge on any atom is -0.393 e. The molecular formula is C4H8O2. The number of hydrogen-bond acceptors (Lipinski definition) is 2. The topological polar surface area (TPSA) is 40.5 Å². The summed E-state index contributed by atoms with van der Waals surface area (Å²) in [6, 6.07) is 0. The maximum atomic E-state index is 8.46. The van der Waals surface area contributed by atoms with E-state index in [1.54, 1.807) is 0 Å². The van der Waals surface area contributed by atoms with Crippen molar-refractivity contribution in [3.05, 3.63) is 0 Å². The van der Waals surface area contributed by atoms with E-state index < -0.39 is 0 Å². The van der Waals surface area contributed by atoms with Crippen LogP contribution in [0.15, 0.2) is 0 Å². The molecule has 0 atom stereocenters. The maximum Gasteiger partial charge on any atom is 0.0589 e. The predicted octanol–water partition coefficient (Wildman–Crippen LogP) is -0.498. The van der Waals surface area contributed by atoms with Gasteiger partial charge in [0.2, 0.25) is 0 Å². The summed E-state index contributed by atoms with van der Waals surface area (Å²) in [7, 11) is 0. The Morgan fingerprint density at radius 2 is 1.33 bits per heavy atom. The molecule has 1 rings (SSSR count). The van der Waals surface area contributed by atoms with Crippen LogP contribution in [-0.4, -0.2) is 22.4 Å². The molecule has 0 saturated heterocycles. The van der Waals surface area contributed by atoms with E-state index >= 15 is 0 Å². The molecule has 0 aromatic rings. The Labute approximate surface area is 36.4 Å². The Hall–Kier alpha value is -0.0800. The van der Waals surface area contributed by atoms with Crippen molar-refractivity contribution in [1.29, 1.82) is 0 Å². The normalized spacial score (nSPS) is 45.0. The summed E-state index contributed by atoms with van der Waals surface area (Å²) in [6.07, 6.45) is 0.750. The maximum absolute atomic E-state index is 8.46. The van der Waals surface area contributed by atoms with Crippen molar-refractivity contribution >= 4 is 0 Å². The van der Waals surface area contributed by atoms with Gasteiger partial charge in [-0.3, -0.25) is 0 Å². The van der Waals surface area contributed by atoms with Crippen LogP contribution in [0.1, 0.15) is 12.8 Å². The summed E-state index contributed by atoms with van der Waals surface area (Å²) in [5.41, 5.74) is 0. The summed E-state index contributed by atoms with van der Waals surface area (Å²) >= 11 is 0. The molecule has 0 aliphatic heterocycles. The lowest BCUT2D eigenvalue weighted by Gasteiger charge is -2.25. The van der Waals surface area contributed by atoms with Crippen LogP contribution in [0, 0.1) is 0 Å². The molecule has 2 heteroatoms. The van der Waals surface area contributed by atoms with Gasteiger partial charge in [-0.25, -0.2) is 0 Å². The first-order chi connectivity index (χ1) is 2.79. The Bertz CT molecular complexity index is 41.5. The number of aliphatic hydroxyl groups excluding tert-OH is 2. The third kappa shape index (κ3) is 0.533. The van der Waals surface area contributed by atoms with Gasteiger partial charge in [0, 0.05) is 0 Å². The van der Waals surface area contributed by atoms with Gasteiger partial charge in [-0.05, 0) is 12.8 Å². The minimum absolute atomic E-state index is 0.208. The molecule has 0 bridgehead atoms. The molecule has 1 saturated carbocycles. The van der Waals surface area contributed by atoms with Gasteiger partial charge >= 0.3 is 0 Å². The van der Waals surface area contributed by atoms with Gasteiger partial charge in [0.15, 0.2) is 0 Å². The van der Waals surface area contributed by atoms with E-state index in [9.17, 15) is 0 Å². The average Bonchev–Trinajstić information content (AvgIpc) is 1.33. The Morgan fingerprint density at radius 3 is 1.33 bits per heavy atom. The monoisotopic (exact) mass is 88.1 g/mol. The molecular weight excluding hydrogens is 80.0 g/mol. The second-order valence-electron chi connectivity index (χ2n) is 1.78. The molecule has 2 N–H and O–H groups in total. The summed E-state index contributed by atoms with van der Waals surface area (Å²) < 4.78 is 0. The molecule has 0 heterocycles. The van der Waals surface area contributed by atoms with E-state index in [1.165, 1.54) is 0 Å². The third-order valence-corrected chi connectivity index (χ3v) is 1.09. The van der Waals surface area contributed by atoms with Crippen molar-refractivity contribution in [1.82, 2.24) is 0 Å². The molecule has 0 spiro atoms. The summed E-state index contributed by atoms with van der Waals surface area (Å²) in [5.74, 6) is 0. The second kappa shape index (κ2) is 1.21. The van der Waals surface area contributed by atoms with Crippen molar-refractivity contribution in [2.75, 3.05) is 0 Å². The van der Waals surface area contributed by atoms with Crippen molar-refractivity contribution in [3.8, 4) is 0 Å². The minimum atomic E-state index is -0.208. The van der Waals surface area contributed by atoms with Gasteiger partial charge in [-0.15, -0.1) is 0 Å². The zero-order valence-corrected chi connectivity index (χ0v) is 3.46. The van der Waals surface area contributed by atoms with E-state index in [2.05, 4.69) is 0 Å². The molecule has 1 aliphatic carbocycles. The third-order valence-electron chi connectivity index (χ3n) is 1.09. The molecule has 0 aromatic carbocycles. The molecule has 36 valence electrons. The highest BCUT2D eigenvalue weighted by Gasteiger charge is 2.23. The lowest BCUT2D eigenvalue weighted by Crippen LogP contribution is -2.32. The second-order valence-corrected chi connectivity index (χ2v) is 1.78. The largest absolute Gasteiger partial charge is 0.393 e. The zero-order valence-electron chi connectivity index (χ0n) is 3.46. The van der Waals surface area contributed by atoms with Crippen molar-refractivity contribution in [3.63, 3.8) is 0 Å². The fourth-order valence-corrected chi connectivity index (χ4v) is 0.559. The Kier molecular flexibility index (Phi) is 0.821. The van der Waals surface area contributed by atoms with Gasteiger partial charge in [-0.1, -0.05) is 0 Å². The van der Waals surface area contributed by atoms with Crippen LogP contribution < -0.4 is 0 Å². The first kappa shape index (κ1) is 4.09. The smallest absolute Gasteiger partial charge is 0.0589 e. The van der Waals surface area contributed by atoms with Gasteiger partial charge in [0.25, 0.3) is 0 Å². The fourth-order valence-electron chi connectivity index (χ4n) is 0.559. The van der Waals surface area contributed by atoms with E-state index in [0.29, 0.717) is 12.8 Å². The lowest BCUT2D eigenvalue weighted by molar-refractivity contribution is -0.0250. The highest BCUT2D eigenvalue weighted by atomic mass is 16.3. The molecule has 1 aliphatic rings. The summed E-state index contributed by atoms with van der Waals surface area (Å²) in [4.78, 5) is 0. The average molecular weight is 88.1 g/mol. The first-order valence-electron chi connectivity index (χ1n) is 2.15. The summed E-state index contributed by atoms with van der Waals surface area (Å²) in [5, 5.41) is 16.9. The molecule has 6 heavy (non-hydrogen) atoms. The van der Waals surface area contributed by atoms with Crippen LogP contribution in [0.4, 0.5) is 0 Å². The van der Waals surface area contributed by atoms with Gasteiger partial charge in [-0.2, -0.15) is 0 Å². The van der Waals surface area contributed by atoms with Crippen LogP contribution >= 0.6 is 0 Å². The number of hydrogen-bond donors (Lipinski definition) is 2. The van der Waals surface area contributed by atoms with Crippen LogP contribution in [-0.2, 0) is 0 Å². The molecule has 0 amide bonds. The van der Waals surface area contributed by atoms with Gasteiger partial charge < -0.3 is 10.2 Å². The van der Waals surface area contributed by atoms with Crippen molar-refractivity contribution in [2.24, 2.45) is 0 Å². The molecule has 1 fully saturated rings. The van der Waals surface area contributed by atoms with Crippen molar-refractivity contribution in [2.45, 2.75) is 25.0 Å². The van der Waals surface area contributed by atoms with Crippen LogP contribution in [0.5, 0.6) is 0 Å². The Morgan fingerprint density at radius 1 is 1.00 bits per heavy atom. The van der Waals surface area contributed by atoms with E-state index in [-0.39, 0.29) is 12.2 Å². The van der Waals surface area contributed by atoms with E-state index in [1.807, 2.05) is 0 Å². The molecule has 0 aromatic heterocycles. The molecule has 2 nitrogen and oxygen atoms in total. The first-order valence-corrected chi connectivity index (χ1v) is 2.15. The highest BCUT2D eigenvalue weighted by molar-refractivity contribution is 4.76. The SMILES string of the molecule is OC1CC(O)C1. The standard InChI is InChI=1S/C4H8O2/c5-3-1-4(6)2-3/h3-6H,1-2H2. The lowest BCUT2D eigenvalue weighted by atomic mass is 9.93. The van der Waals surface area contributed by atoms with Crippen LogP contribution in [0.25, 0.3) is 0 Å². The highest BCUT2D eigenvalue weighted by Crippen LogP contribution is 2.17. The number of rotatable bonds is 0. The fraction of sp³-hybridized carbons (Fsp3) is 1.00.